The lowest BCUT2D eigenvalue weighted by Crippen LogP contribution is -2.30. The van der Waals surface area contributed by atoms with Crippen molar-refractivity contribution in [1.82, 2.24) is 14.6 Å². The molecule has 0 unspecified atom stereocenters. The molecule has 9 nitrogen and oxygen atoms in total. The van der Waals surface area contributed by atoms with Gasteiger partial charge in [-0.3, -0.25) is 9.59 Å². The minimum atomic E-state index is -0.242. The zero-order chi connectivity index (χ0) is 21.0. The van der Waals surface area contributed by atoms with Crippen LogP contribution in [0.2, 0.25) is 0 Å². The molecule has 3 rings (SSSR count). The fourth-order valence-electron chi connectivity index (χ4n) is 2.75. The molecule has 2 heterocycles. The molecule has 1 aromatic carbocycles. The first-order valence-corrected chi connectivity index (χ1v) is 9.89. The van der Waals surface area contributed by atoms with Crippen molar-refractivity contribution in [2.75, 3.05) is 38.0 Å². The minimum Gasteiger partial charge on any atom is -0.497 e. The minimum absolute atomic E-state index is 0.0515. The van der Waals surface area contributed by atoms with E-state index in [-0.39, 0.29) is 18.0 Å². The summed E-state index contributed by atoms with van der Waals surface area (Å²) in [5.74, 6) is 0.911. The van der Waals surface area contributed by atoms with E-state index in [2.05, 4.69) is 15.4 Å². The van der Waals surface area contributed by atoms with Crippen LogP contribution in [-0.2, 0) is 11.2 Å². The standard InChI is InChI=1S/C19H23N5O4S/c1-5-6-12-9-17(26)24-18(21-12)29-19(22-24)23(2)11-16(25)20-13-7-14(27-3)10-15(8-13)28-4/h7-10H,5-6,11H2,1-4H3,(H,20,25). The summed E-state index contributed by atoms with van der Waals surface area (Å²) in [5.41, 5.74) is 1.09. The van der Waals surface area contributed by atoms with Crippen LogP contribution in [0.4, 0.5) is 10.8 Å². The van der Waals surface area contributed by atoms with E-state index in [1.54, 1.807) is 44.4 Å². The molecule has 0 aliphatic rings. The van der Waals surface area contributed by atoms with Crippen LogP contribution < -0.4 is 25.2 Å². The lowest BCUT2D eigenvalue weighted by Gasteiger charge is -2.15. The molecule has 0 spiro atoms. The van der Waals surface area contributed by atoms with E-state index in [4.69, 9.17) is 9.47 Å². The zero-order valence-corrected chi connectivity index (χ0v) is 17.6. The third kappa shape index (κ3) is 4.83. The van der Waals surface area contributed by atoms with Gasteiger partial charge in [0.2, 0.25) is 16.0 Å². The molecule has 2 aromatic heterocycles. The fourth-order valence-corrected chi connectivity index (χ4v) is 3.63. The first kappa shape index (κ1) is 20.6. The number of aromatic nitrogens is 3. The number of nitrogens with zero attached hydrogens (tertiary/aromatic N) is 4. The monoisotopic (exact) mass is 417 g/mol. The maximum atomic E-state index is 12.5. The van der Waals surface area contributed by atoms with Crippen molar-refractivity contribution < 1.29 is 14.3 Å². The molecule has 0 fully saturated rings. The van der Waals surface area contributed by atoms with Gasteiger partial charge >= 0.3 is 0 Å². The third-order valence-electron chi connectivity index (χ3n) is 4.14. The van der Waals surface area contributed by atoms with E-state index in [0.29, 0.717) is 27.3 Å². The van der Waals surface area contributed by atoms with E-state index in [0.717, 1.165) is 18.5 Å². The van der Waals surface area contributed by atoms with Gasteiger partial charge in [-0.05, 0) is 6.42 Å². The molecule has 0 atom stereocenters. The van der Waals surface area contributed by atoms with E-state index < -0.39 is 0 Å². The number of fused-ring (bicyclic) bond motifs is 1. The Balaban J connectivity index is 1.74. The van der Waals surface area contributed by atoms with Gasteiger partial charge in [0.1, 0.15) is 11.5 Å². The van der Waals surface area contributed by atoms with Gasteiger partial charge in [-0.1, -0.05) is 24.7 Å². The number of benzene rings is 1. The normalized spacial score (nSPS) is 10.8. The molecule has 0 saturated heterocycles. The maximum Gasteiger partial charge on any atom is 0.275 e. The molecule has 29 heavy (non-hydrogen) atoms. The molecular formula is C19H23N5O4S. The predicted molar refractivity (Wildman–Crippen MR) is 113 cm³/mol. The number of ether oxygens (including phenoxy) is 2. The Morgan fingerprint density at radius 2 is 1.90 bits per heavy atom. The highest BCUT2D eigenvalue weighted by atomic mass is 32.1. The smallest absolute Gasteiger partial charge is 0.275 e. The van der Waals surface area contributed by atoms with Crippen LogP contribution in [0.1, 0.15) is 19.0 Å². The molecule has 0 aliphatic carbocycles. The van der Waals surface area contributed by atoms with Gasteiger partial charge in [0.15, 0.2) is 0 Å². The zero-order valence-electron chi connectivity index (χ0n) is 16.8. The molecule has 154 valence electrons. The van der Waals surface area contributed by atoms with Gasteiger partial charge in [-0.2, -0.15) is 4.52 Å². The fraction of sp³-hybridized carbons (Fsp3) is 0.368. The maximum absolute atomic E-state index is 12.5. The second-order valence-corrected chi connectivity index (χ2v) is 7.35. The highest BCUT2D eigenvalue weighted by Gasteiger charge is 2.15. The number of methoxy groups -OCH3 is 2. The predicted octanol–water partition coefficient (Wildman–Crippen LogP) is 2.20. The Hall–Kier alpha value is -3.14. The number of hydrogen-bond acceptors (Lipinski definition) is 8. The van der Waals surface area contributed by atoms with Gasteiger partial charge in [-0.15, -0.1) is 5.10 Å². The summed E-state index contributed by atoms with van der Waals surface area (Å²) >= 11 is 1.27. The average molecular weight is 417 g/mol. The molecule has 0 aliphatic heterocycles. The van der Waals surface area contributed by atoms with Crippen LogP contribution in [0.15, 0.2) is 29.1 Å². The van der Waals surface area contributed by atoms with Crippen LogP contribution in [0.5, 0.6) is 11.5 Å². The number of anilines is 2. The summed E-state index contributed by atoms with van der Waals surface area (Å²) < 4.78 is 11.7. The lowest BCUT2D eigenvalue weighted by molar-refractivity contribution is -0.114. The van der Waals surface area contributed by atoms with E-state index in [1.807, 2.05) is 6.92 Å². The van der Waals surface area contributed by atoms with Crippen LogP contribution in [-0.4, -0.2) is 48.3 Å². The number of likely N-dealkylation sites (N-methyl/N-ethyl adjacent to an activating group) is 1. The Morgan fingerprint density at radius 3 is 2.52 bits per heavy atom. The summed E-state index contributed by atoms with van der Waals surface area (Å²) in [6.45, 7) is 2.09. The number of hydrogen-bond donors (Lipinski definition) is 1. The van der Waals surface area contributed by atoms with Crippen LogP contribution in [0.25, 0.3) is 4.96 Å². The van der Waals surface area contributed by atoms with E-state index >= 15 is 0 Å². The number of aryl methyl sites for hydroxylation is 1. The quantitative estimate of drug-likeness (QED) is 0.600. The van der Waals surface area contributed by atoms with Gasteiger partial charge in [0, 0.05) is 42.7 Å². The summed E-state index contributed by atoms with van der Waals surface area (Å²) in [6, 6.07) is 6.64. The second-order valence-electron chi connectivity index (χ2n) is 6.42. The Morgan fingerprint density at radius 1 is 1.21 bits per heavy atom. The van der Waals surface area contributed by atoms with Crippen LogP contribution in [0.3, 0.4) is 0 Å². The van der Waals surface area contributed by atoms with Crippen LogP contribution >= 0.6 is 11.3 Å². The highest BCUT2D eigenvalue weighted by Crippen LogP contribution is 2.26. The van der Waals surface area contributed by atoms with Crippen molar-refractivity contribution in [3.63, 3.8) is 0 Å². The van der Waals surface area contributed by atoms with Crippen molar-refractivity contribution in [3.05, 3.63) is 40.3 Å². The lowest BCUT2D eigenvalue weighted by atomic mass is 10.2. The highest BCUT2D eigenvalue weighted by molar-refractivity contribution is 7.20. The van der Waals surface area contributed by atoms with Crippen molar-refractivity contribution in [3.8, 4) is 11.5 Å². The topological polar surface area (TPSA) is 98.1 Å². The molecule has 10 heteroatoms. The number of rotatable bonds is 8. The van der Waals surface area contributed by atoms with Gasteiger partial charge in [0.05, 0.1) is 20.8 Å². The van der Waals surface area contributed by atoms with Crippen LogP contribution in [0, 0.1) is 0 Å². The third-order valence-corrected chi connectivity index (χ3v) is 5.16. The summed E-state index contributed by atoms with van der Waals surface area (Å²) in [6.07, 6.45) is 1.64. The Kier molecular flexibility index (Phi) is 6.32. The summed E-state index contributed by atoms with van der Waals surface area (Å²) in [4.78, 5) is 31.4. The average Bonchev–Trinajstić information content (AvgIpc) is 3.12. The molecule has 3 aromatic rings. The van der Waals surface area contributed by atoms with E-state index in [9.17, 15) is 9.59 Å². The van der Waals surface area contributed by atoms with E-state index in [1.165, 1.54) is 21.9 Å². The number of nitrogens with one attached hydrogen (secondary N) is 1. The number of carbonyl (C=O) groups excluding carboxylic acids is 1. The molecule has 0 saturated carbocycles. The molecular weight excluding hydrogens is 394 g/mol. The Labute approximate surface area is 171 Å². The molecule has 0 bridgehead atoms. The van der Waals surface area contributed by atoms with Gasteiger partial charge in [0.25, 0.3) is 5.56 Å². The first-order chi connectivity index (χ1) is 13.9. The first-order valence-electron chi connectivity index (χ1n) is 9.07. The summed E-state index contributed by atoms with van der Waals surface area (Å²) in [7, 11) is 4.83. The SMILES string of the molecule is CCCc1cc(=O)n2nc(N(C)CC(=O)Nc3cc(OC)cc(OC)c3)sc2n1. The molecule has 1 N–H and O–H groups in total. The van der Waals surface area contributed by atoms with Crippen molar-refractivity contribution in [1.29, 1.82) is 0 Å². The van der Waals surface area contributed by atoms with Crippen molar-refractivity contribution >= 4 is 33.0 Å². The largest absolute Gasteiger partial charge is 0.497 e. The Bertz CT molecular complexity index is 1060. The van der Waals surface area contributed by atoms with Gasteiger partial charge in [-0.25, -0.2) is 4.98 Å². The summed E-state index contributed by atoms with van der Waals surface area (Å²) in [5, 5.41) is 7.64. The van der Waals surface area contributed by atoms with Gasteiger partial charge < -0.3 is 19.7 Å². The molecule has 0 radical (unpaired) electrons. The van der Waals surface area contributed by atoms with Crippen molar-refractivity contribution in [2.24, 2.45) is 0 Å². The number of amides is 1. The van der Waals surface area contributed by atoms with Crippen molar-refractivity contribution in [2.45, 2.75) is 19.8 Å². The second kappa shape index (κ2) is 8.91. The number of carbonyl (C=O) groups is 1. The molecule has 1 amide bonds.